The Morgan fingerprint density at radius 1 is 1.09 bits per heavy atom. The van der Waals surface area contributed by atoms with Crippen LogP contribution in [0.3, 0.4) is 0 Å². The molecule has 3 aliphatic heterocycles. The number of aryl methyl sites for hydroxylation is 1. The van der Waals surface area contributed by atoms with Gasteiger partial charge in [0.15, 0.2) is 17.6 Å². The predicted octanol–water partition coefficient (Wildman–Crippen LogP) is 0.756. The van der Waals surface area contributed by atoms with E-state index in [2.05, 4.69) is 20.4 Å². The fraction of sp³-hybridized carbons (Fsp3) is 0.478. The number of benzene rings is 1. The van der Waals surface area contributed by atoms with Crippen LogP contribution in [0.4, 0.5) is 0 Å². The number of oxime groups is 1. The first-order chi connectivity index (χ1) is 16.6. The number of hydrogen-bond acceptors (Lipinski definition) is 10. The van der Waals surface area contributed by atoms with E-state index in [1.165, 1.54) is 0 Å². The van der Waals surface area contributed by atoms with Crippen molar-refractivity contribution in [3.63, 3.8) is 0 Å². The molecule has 5 rings (SSSR count). The molecule has 0 bridgehead atoms. The number of carbonyl (C=O) groups is 1. The molecule has 0 radical (unpaired) electrons. The number of ether oxygens (including phenoxy) is 4. The van der Waals surface area contributed by atoms with Gasteiger partial charge in [0.05, 0.1) is 25.5 Å². The fourth-order valence-electron chi connectivity index (χ4n) is 3.93. The zero-order valence-corrected chi connectivity index (χ0v) is 18.7. The molecule has 2 aromatic rings. The average Bonchev–Trinajstić information content (AvgIpc) is 3.37. The summed E-state index contributed by atoms with van der Waals surface area (Å²) < 4.78 is 22.4. The Balaban J connectivity index is 1.21. The summed E-state index contributed by atoms with van der Waals surface area (Å²) in [7, 11) is 0. The van der Waals surface area contributed by atoms with Crippen LogP contribution in [0.5, 0.6) is 11.5 Å². The van der Waals surface area contributed by atoms with Gasteiger partial charge in [-0.3, -0.25) is 4.79 Å². The summed E-state index contributed by atoms with van der Waals surface area (Å²) in [5.74, 6) is 1.51. The highest BCUT2D eigenvalue weighted by atomic mass is 16.7. The van der Waals surface area contributed by atoms with Gasteiger partial charge in [0.25, 0.3) is 5.91 Å². The molecule has 34 heavy (non-hydrogen) atoms. The summed E-state index contributed by atoms with van der Waals surface area (Å²) >= 11 is 0. The molecule has 3 aliphatic rings. The molecule has 2 N–H and O–H groups in total. The minimum atomic E-state index is -0.322. The number of carbonyl (C=O) groups excluding carboxylic acids is 1. The quantitative estimate of drug-likeness (QED) is 0.627. The molecular formula is C23H26N4O7. The van der Waals surface area contributed by atoms with Crippen molar-refractivity contribution >= 4 is 11.6 Å². The highest BCUT2D eigenvalue weighted by Gasteiger charge is 2.35. The molecule has 4 heterocycles. The maximum absolute atomic E-state index is 12.8. The Morgan fingerprint density at radius 2 is 1.94 bits per heavy atom. The second-order valence-corrected chi connectivity index (χ2v) is 8.24. The van der Waals surface area contributed by atoms with Crippen molar-refractivity contribution in [1.29, 1.82) is 0 Å². The molecule has 11 nitrogen and oxygen atoms in total. The third kappa shape index (κ3) is 4.96. The maximum Gasteiger partial charge on any atom is 0.270 e. The molecule has 3 atom stereocenters. The Morgan fingerprint density at radius 3 is 2.74 bits per heavy atom. The van der Waals surface area contributed by atoms with E-state index in [0.717, 1.165) is 5.56 Å². The number of aliphatic hydroxyl groups is 1. The molecule has 0 saturated carbocycles. The Bertz CT molecular complexity index is 1080. The standard InChI is InChI=1S/C23H26N4O7/c1-13-25-16(17-8-21(34-27-17)22-12-32-15(10-28)11-33-22)7-18(26-13)23(29)24-9-14-2-3-19-20(6-14)31-5-4-30-19/h2-3,6-7,15,21-22,28H,4-5,8-12H2,1H3,(H,24,29)/t15-,21?,22-/m1/s1. The third-order valence-corrected chi connectivity index (χ3v) is 5.73. The lowest BCUT2D eigenvalue weighted by Gasteiger charge is -2.30. The van der Waals surface area contributed by atoms with Gasteiger partial charge in [-0.25, -0.2) is 9.97 Å². The van der Waals surface area contributed by atoms with Crippen molar-refractivity contribution in [2.45, 2.75) is 38.2 Å². The molecule has 1 unspecified atom stereocenters. The Hall–Kier alpha value is -3.28. The lowest BCUT2D eigenvalue weighted by atomic mass is 10.0. The van der Waals surface area contributed by atoms with Gasteiger partial charge in [-0.2, -0.15) is 0 Å². The van der Waals surface area contributed by atoms with E-state index in [4.69, 9.17) is 28.9 Å². The molecule has 0 aliphatic carbocycles. The minimum absolute atomic E-state index is 0.0836. The molecule has 180 valence electrons. The SMILES string of the molecule is Cc1nc(C(=O)NCc2ccc3c(c2)OCCO3)cc(C2=NOC([C@H]3CO[C@H](CO)CO3)C2)n1. The number of nitrogens with one attached hydrogen (secondary N) is 1. The van der Waals surface area contributed by atoms with Gasteiger partial charge in [0.1, 0.15) is 42.7 Å². The van der Waals surface area contributed by atoms with Crippen LogP contribution in [0.1, 0.15) is 34.0 Å². The first-order valence-corrected chi connectivity index (χ1v) is 11.2. The van der Waals surface area contributed by atoms with Gasteiger partial charge in [-0.1, -0.05) is 11.2 Å². The van der Waals surface area contributed by atoms with Crippen LogP contribution in [0.25, 0.3) is 0 Å². The number of rotatable bonds is 6. The molecule has 0 spiro atoms. The van der Waals surface area contributed by atoms with E-state index in [-0.39, 0.29) is 36.5 Å². The van der Waals surface area contributed by atoms with E-state index >= 15 is 0 Å². The summed E-state index contributed by atoms with van der Waals surface area (Å²) in [4.78, 5) is 27.1. The zero-order valence-electron chi connectivity index (χ0n) is 18.7. The molecule has 1 aromatic heterocycles. The Labute approximate surface area is 196 Å². The van der Waals surface area contributed by atoms with Gasteiger partial charge in [-0.05, 0) is 30.7 Å². The molecular weight excluding hydrogens is 444 g/mol. The maximum atomic E-state index is 12.8. The molecule has 1 aromatic carbocycles. The van der Waals surface area contributed by atoms with E-state index < -0.39 is 0 Å². The smallest absolute Gasteiger partial charge is 0.270 e. The van der Waals surface area contributed by atoms with Gasteiger partial charge in [0, 0.05) is 13.0 Å². The summed E-state index contributed by atoms with van der Waals surface area (Å²) in [6, 6.07) is 7.18. The average molecular weight is 470 g/mol. The summed E-state index contributed by atoms with van der Waals surface area (Å²) in [5, 5.41) is 16.2. The van der Waals surface area contributed by atoms with Gasteiger partial charge < -0.3 is 34.2 Å². The number of aromatic nitrogens is 2. The number of nitrogens with zero attached hydrogens (tertiary/aromatic N) is 3. The van der Waals surface area contributed by atoms with Crippen LogP contribution in [-0.2, 0) is 20.9 Å². The van der Waals surface area contributed by atoms with Gasteiger partial charge >= 0.3 is 0 Å². The van der Waals surface area contributed by atoms with E-state index in [1.807, 2.05) is 18.2 Å². The van der Waals surface area contributed by atoms with Crippen molar-refractivity contribution < 1.29 is 33.7 Å². The first-order valence-electron chi connectivity index (χ1n) is 11.2. The van der Waals surface area contributed by atoms with Gasteiger partial charge in [0.2, 0.25) is 0 Å². The summed E-state index contributed by atoms with van der Waals surface area (Å²) in [6.07, 6.45) is -0.462. The van der Waals surface area contributed by atoms with E-state index in [1.54, 1.807) is 13.0 Å². The number of amides is 1. The van der Waals surface area contributed by atoms with Gasteiger partial charge in [-0.15, -0.1) is 0 Å². The second-order valence-electron chi connectivity index (χ2n) is 8.24. The van der Waals surface area contributed by atoms with Crippen LogP contribution in [-0.4, -0.2) is 78.0 Å². The van der Waals surface area contributed by atoms with Crippen LogP contribution in [0.2, 0.25) is 0 Å². The molecule has 1 amide bonds. The summed E-state index contributed by atoms with van der Waals surface area (Å²) in [5.41, 5.74) is 2.28. The van der Waals surface area contributed by atoms with Crippen molar-refractivity contribution in [2.75, 3.05) is 33.0 Å². The number of aliphatic hydroxyl groups excluding tert-OH is 1. The highest BCUT2D eigenvalue weighted by Crippen LogP contribution is 2.30. The zero-order chi connectivity index (χ0) is 23.5. The van der Waals surface area contributed by atoms with Crippen molar-refractivity contribution in [1.82, 2.24) is 15.3 Å². The fourth-order valence-corrected chi connectivity index (χ4v) is 3.93. The van der Waals surface area contributed by atoms with Crippen molar-refractivity contribution in [3.05, 3.63) is 47.0 Å². The van der Waals surface area contributed by atoms with E-state index in [9.17, 15) is 4.79 Å². The topological polar surface area (TPSA) is 134 Å². The third-order valence-electron chi connectivity index (χ3n) is 5.73. The van der Waals surface area contributed by atoms with Crippen LogP contribution >= 0.6 is 0 Å². The lowest BCUT2D eigenvalue weighted by Crippen LogP contribution is -2.43. The minimum Gasteiger partial charge on any atom is -0.486 e. The van der Waals surface area contributed by atoms with Crippen LogP contribution < -0.4 is 14.8 Å². The monoisotopic (exact) mass is 470 g/mol. The predicted molar refractivity (Wildman–Crippen MR) is 118 cm³/mol. The summed E-state index contributed by atoms with van der Waals surface area (Å²) in [6.45, 7) is 3.60. The van der Waals surface area contributed by atoms with Crippen LogP contribution in [0, 0.1) is 6.92 Å². The second kappa shape index (κ2) is 9.92. The number of hydrogen-bond donors (Lipinski definition) is 2. The first kappa shape index (κ1) is 22.5. The van der Waals surface area contributed by atoms with Crippen molar-refractivity contribution in [3.8, 4) is 11.5 Å². The Kier molecular flexibility index (Phi) is 6.57. The molecule has 1 saturated heterocycles. The highest BCUT2D eigenvalue weighted by molar-refractivity contribution is 6.02. The van der Waals surface area contributed by atoms with Crippen LogP contribution in [0.15, 0.2) is 29.4 Å². The number of fused-ring (bicyclic) bond motifs is 1. The molecule has 11 heteroatoms. The van der Waals surface area contributed by atoms with E-state index in [0.29, 0.717) is 68.1 Å². The lowest BCUT2D eigenvalue weighted by molar-refractivity contribution is -0.178. The largest absolute Gasteiger partial charge is 0.486 e. The normalized spacial score (nSPS) is 23.7. The van der Waals surface area contributed by atoms with Crippen molar-refractivity contribution in [2.24, 2.45) is 5.16 Å². The molecule has 1 fully saturated rings.